The lowest BCUT2D eigenvalue weighted by molar-refractivity contribution is 0.590. The fraction of sp³-hybridized carbons (Fsp3) is 0.0930. The van der Waals surface area contributed by atoms with Crippen LogP contribution in [0.1, 0.15) is 26.3 Å². The second kappa shape index (κ2) is 11.5. The van der Waals surface area contributed by atoms with Gasteiger partial charge in [-0.2, -0.15) is 0 Å². The maximum absolute atomic E-state index is 6.32. The normalized spacial score (nSPS) is 12.6. The van der Waals surface area contributed by atoms with Crippen LogP contribution in [0.5, 0.6) is 0 Å². The van der Waals surface area contributed by atoms with Crippen molar-refractivity contribution in [2.45, 2.75) is 26.2 Å². The number of aromatic nitrogens is 1. The van der Waals surface area contributed by atoms with Gasteiger partial charge in [0.25, 0.3) is 0 Å². The van der Waals surface area contributed by atoms with Crippen LogP contribution in [0.3, 0.4) is 0 Å². The minimum Gasteiger partial charge on any atom is -0.306 e. The highest BCUT2D eigenvalue weighted by atomic mass is 35.5. The first-order valence-corrected chi connectivity index (χ1v) is 16.4. The van der Waals surface area contributed by atoms with Crippen molar-refractivity contribution in [2.24, 2.45) is 0 Å². The van der Waals surface area contributed by atoms with E-state index < -0.39 is 0 Å². The highest BCUT2D eigenvalue weighted by Gasteiger charge is 2.31. The summed E-state index contributed by atoms with van der Waals surface area (Å²) < 4.78 is 0. The van der Waals surface area contributed by atoms with Crippen LogP contribution in [0, 0.1) is 0 Å². The van der Waals surface area contributed by atoms with Crippen LogP contribution in [-0.4, -0.2) is 4.98 Å². The van der Waals surface area contributed by atoms with Gasteiger partial charge in [-0.05, 0) is 82.8 Å². The number of benzene rings is 6. The molecule has 0 aliphatic carbocycles. The van der Waals surface area contributed by atoms with E-state index in [0.717, 1.165) is 67.4 Å². The number of pyridine rings is 1. The number of anilines is 6. The Balaban J connectivity index is 1.40. The molecular weight excluding hydrogens is 594 g/mol. The van der Waals surface area contributed by atoms with E-state index in [0.29, 0.717) is 5.02 Å². The first-order chi connectivity index (χ1) is 22.9. The van der Waals surface area contributed by atoms with Crippen LogP contribution < -0.4 is 9.80 Å². The van der Waals surface area contributed by atoms with Crippen molar-refractivity contribution in [3.8, 4) is 22.4 Å². The molecule has 228 valence electrons. The van der Waals surface area contributed by atoms with Crippen molar-refractivity contribution in [1.82, 2.24) is 4.98 Å². The number of hydrogen-bond acceptors (Lipinski definition) is 3. The summed E-state index contributed by atoms with van der Waals surface area (Å²) in [5, 5.41) is 1.81. The van der Waals surface area contributed by atoms with E-state index in [1.807, 2.05) is 12.1 Å². The van der Waals surface area contributed by atoms with E-state index in [4.69, 9.17) is 16.6 Å². The van der Waals surface area contributed by atoms with Gasteiger partial charge in [0.2, 0.25) is 0 Å². The summed E-state index contributed by atoms with van der Waals surface area (Å²) >= 11 is 6.32. The van der Waals surface area contributed by atoms with Gasteiger partial charge in [-0.3, -0.25) is 0 Å². The molecule has 0 atom stereocenters. The van der Waals surface area contributed by atoms with Gasteiger partial charge in [-0.1, -0.05) is 123 Å². The minimum atomic E-state index is 0.0726. The van der Waals surface area contributed by atoms with Crippen molar-refractivity contribution < 1.29 is 0 Å². The van der Waals surface area contributed by atoms with Gasteiger partial charge in [-0.15, -0.1) is 0 Å². The molecule has 47 heavy (non-hydrogen) atoms. The number of halogens is 1. The van der Waals surface area contributed by atoms with Crippen LogP contribution in [0.15, 0.2) is 152 Å². The molecule has 1 aliphatic heterocycles. The molecule has 1 aromatic heterocycles. The minimum absolute atomic E-state index is 0.0726. The number of nitrogens with zero attached hydrogens (tertiary/aromatic N) is 3. The fourth-order valence-electron chi connectivity index (χ4n) is 6.63. The summed E-state index contributed by atoms with van der Waals surface area (Å²) in [6.07, 6.45) is 0. The summed E-state index contributed by atoms with van der Waals surface area (Å²) in [7, 11) is 0. The fourth-order valence-corrected chi connectivity index (χ4v) is 6.76. The average molecular weight is 628 g/mol. The van der Waals surface area contributed by atoms with E-state index in [-0.39, 0.29) is 5.41 Å². The Labute approximate surface area is 281 Å². The van der Waals surface area contributed by atoms with Gasteiger partial charge in [-0.25, -0.2) is 4.98 Å². The Bertz CT molecular complexity index is 2190. The van der Waals surface area contributed by atoms with E-state index >= 15 is 0 Å². The Hall–Kier alpha value is -5.38. The van der Waals surface area contributed by atoms with Gasteiger partial charge < -0.3 is 9.80 Å². The van der Waals surface area contributed by atoms with Crippen molar-refractivity contribution in [1.29, 1.82) is 0 Å². The summed E-state index contributed by atoms with van der Waals surface area (Å²) in [6.45, 7) is 6.76. The zero-order valence-corrected chi connectivity index (χ0v) is 27.4. The third-order valence-electron chi connectivity index (χ3n) is 9.00. The maximum Gasteiger partial charge on any atom is 0.0956 e. The van der Waals surface area contributed by atoms with Crippen LogP contribution >= 0.6 is 11.6 Å². The Morgan fingerprint density at radius 3 is 1.64 bits per heavy atom. The third kappa shape index (κ3) is 5.14. The van der Waals surface area contributed by atoms with E-state index in [2.05, 4.69) is 170 Å². The summed E-state index contributed by atoms with van der Waals surface area (Å²) in [5.74, 6) is 0. The van der Waals surface area contributed by atoms with Crippen molar-refractivity contribution >= 4 is 56.6 Å². The van der Waals surface area contributed by atoms with Crippen LogP contribution in [-0.2, 0) is 5.41 Å². The van der Waals surface area contributed by atoms with Crippen molar-refractivity contribution in [2.75, 3.05) is 9.80 Å². The smallest absolute Gasteiger partial charge is 0.0956 e. The second-order valence-corrected chi connectivity index (χ2v) is 13.5. The van der Waals surface area contributed by atoms with E-state index in [9.17, 15) is 0 Å². The monoisotopic (exact) mass is 627 g/mol. The van der Waals surface area contributed by atoms with Crippen LogP contribution in [0.4, 0.5) is 34.1 Å². The number of fused-ring (bicyclic) bond motifs is 3. The SMILES string of the molecule is CC(C)(C)c1ccc(-c2cc(-c3ccc(Cl)cc3)nc3c(N4c5ccccc5N(c5ccccc5)c5ccccc54)cccc23)cc1. The zero-order chi connectivity index (χ0) is 32.1. The Morgan fingerprint density at radius 2 is 1.04 bits per heavy atom. The summed E-state index contributed by atoms with van der Waals surface area (Å²) in [4.78, 5) is 10.1. The predicted octanol–water partition coefficient (Wildman–Crippen LogP) is 12.8. The Morgan fingerprint density at radius 1 is 0.511 bits per heavy atom. The molecular formula is C43H34ClN3. The summed E-state index contributed by atoms with van der Waals surface area (Å²) in [6, 6.07) is 53.6. The molecule has 1 aliphatic rings. The molecule has 0 saturated heterocycles. The van der Waals surface area contributed by atoms with E-state index in [1.165, 1.54) is 5.56 Å². The Kier molecular flexibility index (Phi) is 7.08. The molecule has 0 unspecified atom stereocenters. The molecule has 6 aromatic carbocycles. The van der Waals surface area contributed by atoms with Gasteiger partial charge >= 0.3 is 0 Å². The molecule has 8 rings (SSSR count). The molecule has 0 N–H and O–H groups in total. The molecule has 4 heteroatoms. The topological polar surface area (TPSA) is 19.4 Å². The molecule has 0 amide bonds. The molecule has 0 saturated carbocycles. The lowest BCUT2D eigenvalue weighted by Gasteiger charge is -2.40. The number of para-hydroxylation sites is 6. The largest absolute Gasteiger partial charge is 0.306 e. The van der Waals surface area contributed by atoms with Crippen molar-refractivity contribution in [3.05, 3.63) is 162 Å². The molecule has 3 nitrogen and oxygen atoms in total. The van der Waals surface area contributed by atoms with Crippen LogP contribution in [0.2, 0.25) is 5.02 Å². The molecule has 2 heterocycles. The highest BCUT2D eigenvalue weighted by molar-refractivity contribution is 6.30. The van der Waals surface area contributed by atoms with Gasteiger partial charge in [0, 0.05) is 21.7 Å². The lowest BCUT2D eigenvalue weighted by atomic mass is 9.86. The van der Waals surface area contributed by atoms with Crippen LogP contribution in [0.25, 0.3) is 33.3 Å². The highest BCUT2D eigenvalue weighted by Crippen LogP contribution is 2.55. The summed E-state index contributed by atoms with van der Waals surface area (Å²) in [5.41, 5.74) is 13.1. The third-order valence-corrected chi connectivity index (χ3v) is 9.25. The second-order valence-electron chi connectivity index (χ2n) is 13.0. The number of rotatable bonds is 4. The maximum atomic E-state index is 6.32. The zero-order valence-electron chi connectivity index (χ0n) is 26.7. The molecule has 0 radical (unpaired) electrons. The first-order valence-electron chi connectivity index (χ1n) is 16.0. The van der Waals surface area contributed by atoms with Gasteiger partial charge in [0.1, 0.15) is 0 Å². The van der Waals surface area contributed by atoms with Crippen molar-refractivity contribution in [3.63, 3.8) is 0 Å². The van der Waals surface area contributed by atoms with Gasteiger partial charge in [0.15, 0.2) is 0 Å². The van der Waals surface area contributed by atoms with Gasteiger partial charge in [0.05, 0.1) is 39.6 Å². The molecule has 0 fully saturated rings. The molecule has 7 aromatic rings. The average Bonchev–Trinajstić information content (AvgIpc) is 3.10. The van der Waals surface area contributed by atoms with E-state index in [1.54, 1.807) is 0 Å². The number of hydrogen-bond donors (Lipinski definition) is 0. The molecule has 0 bridgehead atoms. The first kappa shape index (κ1) is 29.1. The predicted molar refractivity (Wildman–Crippen MR) is 199 cm³/mol. The molecule has 0 spiro atoms. The lowest BCUT2D eigenvalue weighted by Crippen LogP contribution is -2.24. The standard InChI is InChI=1S/C43H34ClN3/c1-43(2,3)31-24-20-29(21-25-31)35-28-36(30-22-26-32(44)27-23-30)45-42-34(35)14-11-19-41(42)47-39-17-9-7-15-37(39)46(33-12-5-4-6-13-33)38-16-8-10-18-40(38)47/h4-28H,1-3H3. The quantitative estimate of drug-likeness (QED) is 0.193.